The topological polar surface area (TPSA) is 111 Å². The van der Waals surface area contributed by atoms with Crippen LogP contribution in [0.1, 0.15) is 431 Å². The molecule has 2 unspecified atom stereocenters. The predicted molar refractivity (Wildman–Crippen MR) is 449 cm³/mol. The maximum atomic E-state index is 13.0. The van der Waals surface area contributed by atoms with E-state index in [1.807, 2.05) is 21.1 Å². The Morgan fingerprint density at radius 3 is 0.817 bits per heavy atom. The van der Waals surface area contributed by atoms with Crippen molar-refractivity contribution in [1.29, 1.82) is 0 Å². The number of ether oxygens (including phenoxy) is 4. The Labute approximate surface area is 645 Å². The molecule has 0 saturated heterocycles. The highest BCUT2D eigenvalue weighted by Gasteiger charge is 2.22. The highest BCUT2D eigenvalue weighted by molar-refractivity contribution is 5.70. The van der Waals surface area contributed by atoms with Crippen molar-refractivity contribution in [2.24, 2.45) is 0 Å². The summed E-state index contributed by atoms with van der Waals surface area (Å²) in [5.74, 6) is -2.26. The minimum Gasteiger partial charge on any atom is -0.545 e. The number of nitrogens with zero attached hydrogens (tertiary/aromatic N) is 1. The van der Waals surface area contributed by atoms with E-state index in [0.29, 0.717) is 23.9 Å². The zero-order chi connectivity index (χ0) is 75.3. The van der Waals surface area contributed by atoms with Crippen molar-refractivity contribution < 1.29 is 42.9 Å². The van der Waals surface area contributed by atoms with Gasteiger partial charge in [0.2, 0.25) is 0 Å². The van der Waals surface area contributed by atoms with Gasteiger partial charge in [0.25, 0.3) is 0 Å². The smallest absolute Gasteiger partial charge is 0.306 e. The minimum atomic E-state index is -1.63. The van der Waals surface area contributed by atoms with E-state index in [0.717, 1.165) is 89.9 Å². The van der Waals surface area contributed by atoms with E-state index in [-0.39, 0.29) is 32.2 Å². The van der Waals surface area contributed by atoms with Gasteiger partial charge >= 0.3 is 11.9 Å². The molecule has 0 bridgehead atoms. The first-order valence-corrected chi connectivity index (χ1v) is 44.9. The third-order valence-corrected chi connectivity index (χ3v) is 20.1. The molecule has 9 nitrogen and oxygen atoms in total. The van der Waals surface area contributed by atoms with Crippen molar-refractivity contribution >= 4 is 17.9 Å². The Bertz CT molecular complexity index is 2040. The van der Waals surface area contributed by atoms with Gasteiger partial charge in [-0.15, -0.1) is 0 Å². The van der Waals surface area contributed by atoms with E-state index in [9.17, 15) is 19.5 Å². The van der Waals surface area contributed by atoms with Gasteiger partial charge in [0.15, 0.2) is 12.4 Å². The van der Waals surface area contributed by atoms with Crippen LogP contribution in [0.2, 0.25) is 0 Å². The number of carboxylic acid groups (broad SMARTS) is 1. The van der Waals surface area contributed by atoms with Crippen LogP contribution in [0.25, 0.3) is 0 Å². The zero-order valence-electron chi connectivity index (χ0n) is 69.4. The lowest BCUT2D eigenvalue weighted by Crippen LogP contribution is -2.44. The van der Waals surface area contributed by atoms with Crippen LogP contribution in [0.15, 0.2) is 97.2 Å². The standard InChI is InChI=1S/C95H171NO8/c1-6-8-10-12-14-16-18-20-22-24-26-28-30-32-34-36-38-40-42-44-46-48-49-51-53-55-57-59-61-63-65-67-69-71-73-75-77-79-81-83-85-92(97)102-89-91(90-103-95(94(99)100)101-88-87-96(3,4)5)104-93(98)86-84-82-80-78-76-74-72-70-68-66-64-62-60-58-56-54-52-50-47-45-43-41-39-37-35-33-31-29-27-25-23-21-19-17-15-13-11-9-7-2/h9,11,15,17,21,23,27,29,33,35,39,41,45,47,52,54,91,95H,6-8,10,12-14,16,18-20,22,24-26,28,30-32,34,36-38,40,42-44,46,48-51,53,55-90H2,1-5H3/b11-9-,17-15-,23-21-,29-27-,35-33-,41-39-,47-45-,54-52-. The van der Waals surface area contributed by atoms with Crippen molar-refractivity contribution in [3.8, 4) is 0 Å². The summed E-state index contributed by atoms with van der Waals surface area (Å²) in [4.78, 5) is 37.7. The van der Waals surface area contributed by atoms with E-state index < -0.39 is 24.3 Å². The van der Waals surface area contributed by atoms with Crippen molar-refractivity contribution in [2.75, 3.05) is 47.5 Å². The molecule has 0 rings (SSSR count). The third-order valence-electron chi connectivity index (χ3n) is 20.1. The average molecular weight is 1460 g/mol. The second kappa shape index (κ2) is 84.8. The number of quaternary nitrogens is 1. The minimum absolute atomic E-state index is 0.147. The molecule has 604 valence electrons. The largest absolute Gasteiger partial charge is 0.545 e. The van der Waals surface area contributed by atoms with Crippen LogP contribution in [0.5, 0.6) is 0 Å². The monoisotopic (exact) mass is 1450 g/mol. The second-order valence-electron chi connectivity index (χ2n) is 31.5. The van der Waals surface area contributed by atoms with E-state index in [4.69, 9.17) is 18.9 Å². The van der Waals surface area contributed by atoms with E-state index in [1.54, 1.807) is 0 Å². The van der Waals surface area contributed by atoms with Gasteiger partial charge in [-0.25, -0.2) is 0 Å². The molecule has 104 heavy (non-hydrogen) atoms. The number of hydrogen-bond donors (Lipinski definition) is 0. The molecular weight excluding hydrogens is 1280 g/mol. The van der Waals surface area contributed by atoms with Crippen LogP contribution >= 0.6 is 0 Å². The van der Waals surface area contributed by atoms with Crippen LogP contribution in [-0.4, -0.2) is 82.3 Å². The highest BCUT2D eigenvalue weighted by Crippen LogP contribution is 2.20. The fourth-order valence-electron chi connectivity index (χ4n) is 13.3. The second-order valence-corrected chi connectivity index (χ2v) is 31.5. The number of unbranched alkanes of at least 4 members (excludes halogenated alkanes) is 53. The summed E-state index contributed by atoms with van der Waals surface area (Å²) in [5.41, 5.74) is 0. The lowest BCUT2D eigenvalue weighted by atomic mass is 10.0. The summed E-state index contributed by atoms with van der Waals surface area (Å²) in [5, 5.41) is 11.9. The molecule has 0 radical (unpaired) electrons. The number of hydrogen-bond acceptors (Lipinski definition) is 8. The van der Waals surface area contributed by atoms with Gasteiger partial charge in [-0.05, 0) is 77.0 Å². The Morgan fingerprint density at radius 1 is 0.298 bits per heavy atom. The van der Waals surface area contributed by atoms with E-state index in [1.165, 1.54) is 308 Å². The van der Waals surface area contributed by atoms with Gasteiger partial charge in [-0.1, -0.05) is 439 Å². The Hall–Kier alpha value is -3.79. The zero-order valence-corrected chi connectivity index (χ0v) is 69.4. The Balaban J connectivity index is 3.94. The molecule has 9 heteroatoms. The van der Waals surface area contributed by atoms with Crippen molar-refractivity contribution in [1.82, 2.24) is 0 Å². The van der Waals surface area contributed by atoms with Crippen LogP contribution < -0.4 is 5.11 Å². The molecule has 0 N–H and O–H groups in total. The van der Waals surface area contributed by atoms with Crippen LogP contribution in [0.3, 0.4) is 0 Å². The number of carbonyl (C=O) groups is 3. The maximum Gasteiger partial charge on any atom is 0.306 e. The highest BCUT2D eigenvalue weighted by atomic mass is 16.7. The van der Waals surface area contributed by atoms with Gasteiger partial charge in [-0.2, -0.15) is 0 Å². The fraction of sp³-hybridized carbons (Fsp3) is 0.800. The molecule has 0 aromatic carbocycles. The molecule has 0 aromatic heterocycles. The molecule has 0 amide bonds. The molecule has 2 atom stereocenters. The summed E-state index contributed by atoms with van der Waals surface area (Å²) < 4.78 is 22.9. The van der Waals surface area contributed by atoms with Gasteiger partial charge in [-0.3, -0.25) is 9.59 Å². The SMILES string of the molecule is CC/C=C\C/C=C\C/C=C\C/C=C\C/C=C\C/C=C\C/C=C\C/C=C\CCCCCCCCCCCCCCCCC(=O)OC(COC(=O)CCCCCCCCCCCCCCCCCCCCCCCCCCCCCCCCCCCCCCCCCC)COC(OCC[N+](C)(C)C)C(=O)[O-]. The molecule has 0 fully saturated rings. The summed E-state index contributed by atoms with van der Waals surface area (Å²) >= 11 is 0. The van der Waals surface area contributed by atoms with E-state index >= 15 is 0 Å². The van der Waals surface area contributed by atoms with Gasteiger partial charge in [0.05, 0.1) is 40.3 Å². The Kier molecular flexibility index (Phi) is 81.7. The number of rotatable bonds is 84. The average Bonchev–Trinajstić information content (AvgIpc) is 1.13. The number of allylic oxidation sites excluding steroid dienone is 16. The lowest BCUT2D eigenvalue weighted by molar-refractivity contribution is -0.870. The first-order chi connectivity index (χ1) is 51.1. The first kappa shape index (κ1) is 100. The summed E-state index contributed by atoms with van der Waals surface area (Å²) in [6, 6.07) is 0. The van der Waals surface area contributed by atoms with Crippen molar-refractivity contribution in [2.45, 2.75) is 444 Å². The van der Waals surface area contributed by atoms with Crippen LogP contribution in [0.4, 0.5) is 0 Å². The number of esters is 2. The van der Waals surface area contributed by atoms with Gasteiger partial charge in [0, 0.05) is 12.8 Å². The van der Waals surface area contributed by atoms with Crippen molar-refractivity contribution in [3.05, 3.63) is 97.2 Å². The molecule has 0 heterocycles. The molecule has 0 aliphatic rings. The number of carbonyl (C=O) groups excluding carboxylic acids is 3. The van der Waals surface area contributed by atoms with Gasteiger partial charge < -0.3 is 33.3 Å². The molecule has 0 aliphatic carbocycles. The Morgan fingerprint density at radius 2 is 0.548 bits per heavy atom. The predicted octanol–water partition coefficient (Wildman–Crippen LogP) is 28.1. The number of aliphatic carboxylic acids is 1. The first-order valence-electron chi connectivity index (χ1n) is 44.9. The maximum absolute atomic E-state index is 13.0. The normalized spacial score (nSPS) is 13.0. The molecule has 0 spiro atoms. The van der Waals surface area contributed by atoms with Crippen LogP contribution in [-0.2, 0) is 33.3 Å². The molecule has 0 aliphatic heterocycles. The molecular formula is C95H171NO8. The van der Waals surface area contributed by atoms with Gasteiger partial charge in [0.1, 0.15) is 13.2 Å². The lowest BCUT2D eigenvalue weighted by Gasteiger charge is -2.26. The molecule has 0 saturated carbocycles. The van der Waals surface area contributed by atoms with Crippen LogP contribution in [0, 0.1) is 0 Å². The number of likely N-dealkylation sites (N-methyl/N-ethyl adjacent to an activating group) is 1. The summed E-state index contributed by atoms with van der Waals surface area (Å²) in [6.45, 7) is 4.70. The summed E-state index contributed by atoms with van der Waals surface area (Å²) in [7, 11) is 5.95. The quantitative estimate of drug-likeness (QED) is 0.0195. The van der Waals surface area contributed by atoms with Crippen molar-refractivity contribution in [3.63, 3.8) is 0 Å². The number of carboxylic acids is 1. The fourth-order valence-corrected chi connectivity index (χ4v) is 13.3. The third kappa shape index (κ3) is 85.5. The summed E-state index contributed by atoms with van der Waals surface area (Å²) in [6.07, 6.45) is 116. The molecule has 0 aromatic rings. The van der Waals surface area contributed by atoms with E-state index in [2.05, 4.69) is 111 Å².